The monoisotopic (exact) mass is 826 g/mol. The van der Waals surface area contributed by atoms with Crippen LogP contribution in [-0.4, -0.2) is 73.4 Å². The van der Waals surface area contributed by atoms with Gasteiger partial charge in [0.15, 0.2) is 0 Å². The van der Waals surface area contributed by atoms with E-state index in [9.17, 15) is 19.4 Å². The summed E-state index contributed by atoms with van der Waals surface area (Å²) in [4.78, 5) is 23.1. The number of hydrogen-bond donors (Lipinski definition) is 3. The fourth-order valence-corrected chi connectivity index (χ4v) is 7.49. The Labute approximate surface area is 353 Å². The van der Waals surface area contributed by atoms with Gasteiger partial charge >= 0.3 is 7.82 Å². The van der Waals surface area contributed by atoms with E-state index in [1.165, 1.54) is 154 Å². The fraction of sp³-hybridized carbons (Fsp3) is 0.854. The number of nitrogens with zero attached hydrogens (tertiary/aromatic N) is 1. The quantitative estimate of drug-likeness (QED) is 0.0245. The summed E-state index contributed by atoms with van der Waals surface area (Å²) < 4.78 is 23.5. The van der Waals surface area contributed by atoms with Crippen molar-refractivity contribution in [3.8, 4) is 0 Å². The first-order chi connectivity index (χ1) is 27.5. The molecule has 0 aromatic rings. The van der Waals surface area contributed by atoms with Gasteiger partial charge in [-0.3, -0.25) is 13.8 Å². The number of aliphatic hydroxyl groups excluding tert-OH is 1. The van der Waals surface area contributed by atoms with Gasteiger partial charge < -0.3 is 19.8 Å². The van der Waals surface area contributed by atoms with Crippen LogP contribution in [0.5, 0.6) is 0 Å². The Morgan fingerprint density at radius 1 is 0.579 bits per heavy atom. The molecule has 3 N–H and O–H groups in total. The number of phosphoric acid groups is 1. The van der Waals surface area contributed by atoms with E-state index in [1.807, 2.05) is 27.2 Å². The molecule has 3 atom stereocenters. The number of aliphatic hydroxyl groups is 1. The van der Waals surface area contributed by atoms with Gasteiger partial charge in [-0.25, -0.2) is 4.57 Å². The summed E-state index contributed by atoms with van der Waals surface area (Å²) in [6, 6.07) is -0.860. The number of unbranched alkanes of at least 4 members (excludes halogenated alkanes) is 26. The summed E-state index contributed by atoms with van der Waals surface area (Å²) >= 11 is 0. The summed E-state index contributed by atoms with van der Waals surface area (Å²) in [6.45, 7) is 4.78. The van der Waals surface area contributed by atoms with Crippen LogP contribution < -0.4 is 5.32 Å². The second-order valence-electron chi connectivity index (χ2n) is 17.5. The van der Waals surface area contributed by atoms with E-state index in [4.69, 9.17) is 9.05 Å². The highest BCUT2D eigenvalue weighted by Crippen LogP contribution is 2.43. The van der Waals surface area contributed by atoms with E-state index in [2.05, 4.69) is 43.5 Å². The maximum atomic E-state index is 12.9. The normalized spacial score (nSPS) is 14.6. The van der Waals surface area contributed by atoms with Crippen LogP contribution in [0.25, 0.3) is 0 Å². The first-order valence-electron chi connectivity index (χ1n) is 23.9. The van der Waals surface area contributed by atoms with Gasteiger partial charge in [-0.2, -0.15) is 0 Å². The largest absolute Gasteiger partial charge is 0.472 e. The average Bonchev–Trinajstić information content (AvgIpc) is 3.16. The molecule has 9 heteroatoms. The van der Waals surface area contributed by atoms with Crippen LogP contribution in [0.4, 0.5) is 0 Å². The van der Waals surface area contributed by atoms with Crippen LogP contribution in [-0.2, 0) is 18.4 Å². The van der Waals surface area contributed by atoms with Crippen molar-refractivity contribution in [1.29, 1.82) is 0 Å². The van der Waals surface area contributed by atoms with Crippen molar-refractivity contribution < 1.29 is 32.9 Å². The Morgan fingerprint density at radius 2 is 0.965 bits per heavy atom. The van der Waals surface area contributed by atoms with Crippen molar-refractivity contribution in [3.63, 3.8) is 0 Å². The van der Waals surface area contributed by atoms with Gasteiger partial charge in [0, 0.05) is 6.42 Å². The lowest BCUT2D eigenvalue weighted by atomic mass is 10.0. The zero-order valence-corrected chi connectivity index (χ0v) is 39.0. The van der Waals surface area contributed by atoms with Gasteiger partial charge in [0.05, 0.1) is 39.9 Å². The number of carbonyl (C=O) groups is 1. The molecule has 0 aliphatic carbocycles. The Hall–Kier alpha value is -1.28. The molecule has 1 amide bonds. The highest BCUT2D eigenvalue weighted by molar-refractivity contribution is 7.47. The number of rotatable bonds is 43. The number of allylic oxidation sites excluding steroid dienone is 5. The zero-order valence-electron chi connectivity index (χ0n) is 38.1. The predicted molar refractivity (Wildman–Crippen MR) is 244 cm³/mol. The van der Waals surface area contributed by atoms with Crippen LogP contribution in [0.2, 0.25) is 0 Å². The fourth-order valence-electron chi connectivity index (χ4n) is 6.76. The third-order valence-electron chi connectivity index (χ3n) is 10.6. The molecule has 0 saturated heterocycles. The molecule has 0 radical (unpaired) electrons. The zero-order chi connectivity index (χ0) is 42.1. The van der Waals surface area contributed by atoms with Gasteiger partial charge in [0.25, 0.3) is 0 Å². The van der Waals surface area contributed by atoms with Gasteiger partial charge in [-0.15, -0.1) is 0 Å². The topological polar surface area (TPSA) is 105 Å². The molecule has 57 heavy (non-hydrogen) atoms. The molecule has 0 saturated carbocycles. The van der Waals surface area contributed by atoms with Gasteiger partial charge in [-0.05, 0) is 57.8 Å². The third kappa shape index (κ3) is 42.6. The Balaban J connectivity index is 4.26. The van der Waals surface area contributed by atoms with Crippen LogP contribution in [0, 0.1) is 0 Å². The summed E-state index contributed by atoms with van der Waals surface area (Å²) in [5.41, 5.74) is 0. The predicted octanol–water partition coefficient (Wildman–Crippen LogP) is 13.5. The standard InChI is InChI=1S/C48H93N2O6P/c1-6-8-10-12-14-16-18-20-21-22-23-24-25-26-27-28-29-30-32-34-36-38-40-42-48(52)49-46(45-56-57(53,54)55-44-43-50(3,4)5)47(51)41-39-37-35-33-31-19-17-15-13-11-9-7-2/h20-21,31,33,39,41,46-47,51H,6-19,22-30,32,34-38,40,42-45H2,1-5H3,(H-,49,52,53,54)/p+1/b21-20+,33-31+,41-39+/t46-,47+/m0/s1. The first kappa shape index (κ1) is 55.7. The number of likely N-dealkylation sites (N-methyl/N-ethyl adjacent to an activating group) is 1. The minimum Gasteiger partial charge on any atom is -0.387 e. The van der Waals surface area contributed by atoms with Gasteiger partial charge in [0.2, 0.25) is 5.91 Å². The third-order valence-corrected chi connectivity index (χ3v) is 11.6. The van der Waals surface area contributed by atoms with Crippen molar-refractivity contribution in [2.45, 2.75) is 225 Å². The lowest BCUT2D eigenvalue weighted by Gasteiger charge is -2.25. The molecule has 1 unspecified atom stereocenters. The summed E-state index contributed by atoms with van der Waals surface area (Å²) in [5, 5.41) is 13.8. The van der Waals surface area contributed by atoms with Crippen LogP contribution in [0.15, 0.2) is 36.5 Å². The number of carbonyl (C=O) groups excluding carboxylic acids is 1. The smallest absolute Gasteiger partial charge is 0.387 e. The first-order valence-corrected chi connectivity index (χ1v) is 25.4. The molecule has 0 fully saturated rings. The number of amides is 1. The molecule has 0 aromatic carbocycles. The molecule has 0 spiro atoms. The minimum absolute atomic E-state index is 0.0565. The van der Waals surface area contributed by atoms with Crippen molar-refractivity contribution in [1.82, 2.24) is 5.32 Å². The highest BCUT2D eigenvalue weighted by Gasteiger charge is 2.27. The van der Waals surface area contributed by atoms with Crippen LogP contribution in [0.3, 0.4) is 0 Å². The SMILES string of the molecule is CCCCCCCC/C=C/CC/C=C/[C@@H](O)[C@H](COP(=O)(O)OCC[N+](C)(C)C)NC(=O)CCCCCCCCCCCCCCC/C=C/CCCCCCCC. The summed E-state index contributed by atoms with van der Waals surface area (Å²) in [6.07, 6.45) is 49.4. The van der Waals surface area contributed by atoms with Gasteiger partial charge in [0.1, 0.15) is 13.2 Å². The van der Waals surface area contributed by atoms with E-state index in [-0.39, 0.29) is 19.1 Å². The maximum absolute atomic E-state index is 12.9. The molecule has 0 bridgehead atoms. The molecular weight excluding hydrogens is 732 g/mol. The molecule has 0 aliphatic rings. The van der Waals surface area contributed by atoms with E-state index < -0.39 is 20.0 Å². The van der Waals surface area contributed by atoms with Crippen LogP contribution >= 0.6 is 7.82 Å². The van der Waals surface area contributed by atoms with Crippen molar-refractivity contribution in [3.05, 3.63) is 36.5 Å². The molecule has 336 valence electrons. The lowest BCUT2D eigenvalue weighted by molar-refractivity contribution is -0.870. The summed E-state index contributed by atoms with van der Waals surface area (Å²) in [5.74, 6) is -0.188. The minimum atomic E-state index is -4.34. The lowest BCUT2D eigenvalue weighted by Crippen LogP contribution is -2.45. The molecular formula is C48H94N2O6P+. The Bertz CT molecular complexity index is 1030. The number of quaternary nitrogens is 1. The second kappa shape index (κ2) is 40.1. The molecule has 0 heterocycles. The number of hydrogen-bond acceptors (Lipinski definition) is 5. The summed E-state index contributed by atoms with van der Waals surface area (Å²) in [7, 11) is 1.56. The van der Waals surface area contributed by atoms with Gasteiger partial charge in [-0.1, -0.05) is 185 Å². The van der Waals surface area contributed by atoms with E-state index in [0.717, 1.165) is 38.5 Å². The molecule has 8 nitrogen and oxygen atoms in total. The van der Waals surface area contributed by atoms with E-state index in [0.29, 0.717) is 17.4 Å². The van der Waals surface area contributed by atoms with Crippen molar-refractivity contribution >= 4 is 13.7 Å². The molecule has 0 aromatic heterocycles. The average molecular weight is 826 g/mol. The number of nitrogens with one attached hydrogen (secondary N) is 1. The number of phosphoric ester groups is 1. The molecule has 0 rings (SSSR count). The Morgan fingerprint density at radius 3 is 1.40 bits per heavy atom. The Kier molecular flexibility index (Phi) is 39.2. The second-order valence-corrected chi connectivity index (χ2v) is 18.9. The molecule has 0 aliphatic heterocycles. The highest BCUT2D eigenvalue weighted by atomic mass is 31.2. The van der Waals surface area contributed by atoms with Crippen LogP contribution in [0.1, 0.15) is 213 Å². The van der Waals surface area contributed by atoms with E-state index >= 15 is 0 Å². The maximum Gasteiger partial charge on any atom is 0.472 e. The van der Waals surface area contributed by atoms with Crippen molar-refractivity contribution in [2.75, 3.05) is 40.9 Å². The van der Waals surface area contributed by atoms with E-state index in [1.54, 1.807) is 6.08 Å². The van der Waals surface area contributed by atoms with Crippen molar-refractivity contribution in [2.24, 2.45) is 0 Å².